The van der Waals surface area contributed by atoms with Crippen LogP contribution in [0.2, 0.25) is 0 Å². The van der Waals surface area contributed by atoms with E-state index in [0.29, 0.717) is 23.3 Å². The molecule has 10 nitrogen and oxygen atoms in total. The van der Waals surface area contributed by atoms with Crippen molar-refractivity contribution in [3.8, 4) is 0 Å². The van der Waals surface area contributed by atoms with Gasteiger partial charge in [-0.25, -0.2) is 4.79 Å². The number of carbonyl (C=O) groups is 2. The van der Waals surface area contributed by atoms with Gasteiger partial charge in [0.1, 0.15) is 5.60 Å². The van der Waals surface area contributed by atoms with Gasteiger partial charge in [0.15, 0.2) is 5.82 Å². The molecule has 0 aliphatic carbocycles. The van der Waals surface area contributed by atoms with Crippen molar-refractivity contribution in [3.05, 3.63) is 87.3 Å². The zero-order valence-corrected chi connectivity index (χ0v) is 27.9. The molecular weight excluding hydrogens is 627 g/mol. The highest BCUT2D eigenvalue weighted by Gasteiger charge is 2.51. The predicted octanol–water partition coefficient (Wildman–Crippen LogP) is 5.74. The molecule has 1 N–H and O–H groups in total. The first-order valence-corrected chi connectivity index (χ1v) is 15.0. The van der Waals surface area contributed by atoms with Gasteiger partial charge in [0.05, 0.1) is 23.3 Å². The number of rotatable bonds is 4. The highest BCUT2D eigenvalue weighted by Crippen LogP contribution is 2.36. The van der Waals surface area contributed by atoms with Crippen molar-refractivity contribution in [1.82, 2.24) is 14.3 Å². The summed E-state index contributed by atoms with van der Waals surface area (Å²) in [6, 6.07) is 18.6. The van der Waals surface area contributed by atoms with Gasteiger partial charge in [-0.05, 0) is 77.7 Å². The largest absolute Gasteiger partial charge is 0.496 e. The standard InChI is InChI=1S/C18H22BNO3.C14H16BrN3O3/c1-17(2)18(3,4)23-19(22-17)15-10-11-16(21)20(13-15)12-14-8-6-5-7-9-14;1-8(19)16-12-10-6-5-9(15)7-11(10)18(17-12)13(20)21-14(2,3)4/h5-11,13H,12H2,1-4H3;5-7H,1-4H3,(H,16,17,19). The zero-order valence-electron chi connectivity index (χ0n) is 26.3. The lowest BCUT2D eigenvalue weighted by Gasteiger charge is -2.32. The van der Waals surface area contributed by atoms with Crippen LogP contribution in [0.1, 0.15) is 61.0 Å². The smallest absolute Gasteiger partial charge is 0.442 e. The number of nitrogens with zero attached hydrogens (tertiary/aromatic N) is 3. The number of pyridine rings is 1. The van der Waals surface area contributed by atoms with Crippen molar-refractivity contribution < 1.29 is 23.6 Å². The maximum Gasteiger partial charge on any atom is 0.496 e. The quantitative estimate of drug-likeness (QED) is 0.277. The van der Waals surface area contributed by atoms with Gasteiger partial charge in [-0.2, -0.15) is 4.68 Å². The van der Waals surface area contributed by atoms with Crippen LogP contribution in [-0.4, -0.2) is 50.3 Å². The summed E-state index contributed by atoms with van der Waals surface area (Å²) in [6.45, 7) is 15.3. The second-order valence-corrected chi connectivity index (χ2v) is 13.5. The predicted molar refractivity (Wildman–Crippen MR) is 175 cm³/mol. The summed E-state index contributed by atoms with van der Waals surface area (Å²) in [4.78, 5) is 35.6. The van der Waals surface area contributed by atoms with Gasteiger partial charge < -0.3 is 23.9 Å². The van der Waals surface area contributed by atoms with E-state index in [9.17, 15) is 14.4 Å². The normalized spacial score (nSPS) is 15.4. The van der Waals surface area contributed by atoms with E-state index in [2.05, 4.69) is 26.3 Å². The van der Waals surface area contributed by atoms with Crippen LogP contribution in [0.4, 0.5) is 10.6 Å². The van der Waals surface area contributed by atoms with Crippen LogP contribution in [0.15, 0.2) is 76.1 Å². The molecule has 0 atom stereocenters. The SMILES string of the molecule is CC(=O)Nc1nn(C(=O)OC(C)(C)C)c2cc(Br)ccc12.CC1(C)OB(c2ccc(=O)n(Cc3ccccc3)c2)OC1(C)C. The summed E-state index contributed by atoms with van der Waals surface area (Å²) < 4.78 is 21.1. The molecule has 0 unspecified atom stereocenters. The number of anilines is 1. The minimum Gasteiger partial charge on any atom is -0.442 e. The van der Waals surface area contributed by atoms with Crippen LogP contribution in [-0.2, 0) is 25.4 Å². The molecule has 0 radical (unpaired) electrons. The van der Waals surface area contributed by atoms with Crippen LogP contribution in [0, 0.1) is 0 Å². The van der Waals surface area contributed by atoms with E-state index in [1.807, 2.05) is 70.3 Å². The van der Waals surface area contributed by atoms with E-state index in [-0.39, 0.29) is 11.5 Å². The van der Waals surface area contributed by atoms with Crippen LogP contribution in [0.5, 0.6) is 0 Å². The first kappa shape index (κ1) is 33.2. The molecule has 44 heavy (non-hydrogen) atoms. The number of carbonyl (C=O) groups excluding carboxylic acids is 2. The number of nitrogens with one attached hydrogen (secondary N) is 1. The Balaban J connectivity index is 0.000000202. The number of amides is 1. The molecule has 0 spiro atoms. The average molecular weight is 665 g/mol. The first-order valence-electron chi connectivity index (χ1n) is 14.2. The molecule has 1 amide bonds. The van der Waals surface area contributed by atoms with E-state index in [4.69, 9.17) is 14.0 Å². The fourth-order valence-corrected chi connectivity index (χ4v) is 4.71. The molecule has 1 aliphatic heterocycles. The molecule has 0 bridgehead atoms. The Morgan fingerprint density at radius 3 is 2.23 bits per heavy atom. The van der Waals surface area contributed by atoms with Crippen molar-refractivity contribution in [3.63, 3.8) is 0 Å². The summed E-state index contributed by atoms with van der Waals surface area (Å²) >= 11 is 3.36. The highest BCUT2D eigenvalue weighted by atomic mass is 79.9. The van der Waals surface area contributed by atoms with Gasteiger partial charge >= 0.3 is 13.2 Å². The number of aromatic nitrogens is 3. The van der Waals surface area contributed by atoms with Crippen LogP contribution >= 0.6 is 15.9 Å². The fourth-order valence-electron chi connectivity index (χ4n) is 4.36. The molecule has 12 heteroatoms. The minimum absolute atomic E-state index is 0.0332. The van der Waals surface area contributed by atoms with Crippen LogP contribution < -0.4 is 16.3 Å². The highest BCUT2D eigenvalue weighted by molar-refractivity contribution is 9.10. The van der Waals surface area contributed by atoms with Gasteiger partial charge in [-0.1, -0.05) is 52.3 Å². The van der Waals surface area contributed by atoms with E-state index >= 15 is 0 Å². The second-order valence-electron chi connectivity index (χ2n) is 12.6. The van der Waals surface area contributed by atoms with Gasteiger partial charge in [-0.3, -0.25) is 9.59 Å². The lowest BCUT2D eigenvalue weighted by atomic mass is 9.80. The van der Waals surface area contributed by atoms with E-state index < -0.39 is 30.0 Å². The summed E-state index contributed by atoms with van der Waals surface area (Å²) in [7, 11) is -0.456. The van der Waals surface area contributed by atoms with Crippen molar-refractivity contribution in [2.24, 2.45) is 0 Å². The molecule has 4 aromatic rings. The third kappa shape index (κ3) is 7.85. The van der Waals surface area contributed by atoms with Gasteiger partial charge in [0.25, 0.3) is 5.56 Å². The fraction of sp³-hybridized carbons (Fsp3) is 0.375. The second kappa shape index (κ2) is 12.7. The molecule has 232 valence electrons. The minimum atomic E-state index is -0.629. The van der Waals surface area contributed by atoms with Crippen LogP contribution in [0.3, 0.4) is 0 Å². The number of fused-ring (bicyclic) bond motifs is 1. The Hall–Kier alpha value is -3.74. The van der Waals surface area contributed by atoms with Crippen molar-refractivity contribution in [1.29, 1.82) is 0 Å². The molecule has 2 aromatic heterocycles. The lowest BCUT2D eigenvalue weighted by molar-refractivity contribution is -0.114. The Morgan fingerprint density at radius 2 is 1.64 bits per heavy atom. The molecular formula is C32H38BBrN4O6. The molecule has 5 rings (SSSR count). The van der Waals surface area contributed by atoms with E-state index in [1.165, 1.54) is 6.92 Å². The number of benzene rings is 2. The van der Waals surface area contributed by atoms with Crippen LogP contribution in [0.25, 0.3) is 10.9 Å². The third-order valence-electron chi connectivity index (χ3n) is 7.23. The summed E-state index contributed by atoms with van der Waals surface area (Å²) in [6.07, 6.45) is 1.24. The van der Waals surface area contributed by atoms with Gasteiger partial charge in [-0.15, -0.1) is 5.10 Å². The Bertz CT molecular complexity index is 1710. The monoisotopic (exact) mass is 664 g/mol. The number of ether oxygens (including phenoxy) is 1. The Kier molecular flexibility index (Phi) is 9.58. The first-order chi connectivity index (χ1) is 20.5. The summed E-state index contributed by atoms with van der Waals surface area (Å²) in [5, 5.41) is 7.42. The summed E-state index contributed by atoms with van der Waals surface area (Å²) in [5.74, 6) is 0.0736. The molecule has 1 fully saturated rings. The van der Waals surface area contributed by atoms with E-state index in [0.717, 1.165) is 20.2 Å². The van der Waals surface area contributed by atoms with Gasteiger partial charge in [0, 0.05) is 29.0 Å². The number of halogens is 1. The van der Waals surface area contributed by atoms with Crippen molar-refractivity contribution >= 4 is 57.2 Å². The molecule has 2 aromatic carbocycles. The maximum atomic E-state index is 12.2. The lowest BCUT2D eigenvalue weighted by Crippen LogP contribution is -2.41. The van der Waals surface area contributed by atoms with E-state index in [1.54, 1.807) is 49.6 Å². The molecule has 1 aliphatic rings. The van der Waals surface area contributed by atoms with Crippen molar-refractivity contribution in [2.45, 2.75) is 78.7 Å². The molecule has 3 heterocycles. The third-order valence-corrected chi connectivity index (χ3v) is 7.72. The van der Waals surface area contributed by atoms with Gasteiger partial charge in [0.2, 0.25) is 5.91 Å². The maximum absolute atomic E-state index is 12.2. The molecule has 1 saturated heterocycles. The number of hydrogen-bond acceptors (Lipinski definition) is 7. The topological polar surface area (TPSA) is 114 Å². The molecule has 0 saturated carbocycles. The van der Waals surface area contributed by atoms with Crippen molar-refractivity contribution in [2.75, 3.05) is 5.32 Å². The average Bonchev–Trinajstić information content (AvgIpc) is 3.36. The Labute approximate surface area is 266 Å². The number of hydrogen-bond donors (Lipinski definition) is 1. The zero-order chi connectivity index (χ0) is 32.4. The summed E-state index contributed by atoms with van der Waals surface area (Å²) in [5.41, 5.74) is 1.06. The Morgan fingerprint density at radius 1 is 1.00 bits per heavy atom.